The topological polar surface area (TPSA) is 72.4 Å². The van der Waals surface area contributed by atoms with Crippen LogP contribution >= 0.6 is 0 Å². The smallest absolute Gasteiger partial charge is 0.135 e. The molecule has 0 aliphatic carbocycles. The molecule has 0 unspecified atom stereocenters. The maximum Gasteiger partial charge on any atom is 0.135 e. The Balaban J connectivity index is 1.78. The maximum atomic E-state index is 5.97. The maximum absolute atomic E-state index is 5.97. The van der Waals surface area contributed by atoms with Crippen molar-refractivity contribution in [2.45, 2.75) is 19.2 Å². The van der Waals surface area contributed by atoms with E-state index < -0.39 is 0 Å². The molecule has 0 spiro atoms. The van der Waals surface area contributed by atoms with E-state index in [4.69, 9.17) is 10.5 Å². The summed E-state index contributed by atoms with van der Waals surface area (Å²) in [6, 6.07) is 0. The van der Waals surface area contributed by atoms with E-state index >= 15 is 0 Å². The van der Waals surface area contributed by atoms with Crippen molar-refractivity contribution in [1.82, 2.24) is 24.8 Å². The van der Waals surface area contributed by atoms with Gasteiger partial charge in [-0.1, -0.05) is 5.21 Å². The number of hydrogen-bond acceptors (Lipinski definition) is 6. The molecule has 0 bridgehead atoms. The van der Waals surface area contributed by atoms with E-state index in [1.54, 1.807) is 0 Å². The summed E-state index contributed by atoms with van der Waals surface area (Å²) in [6.45, 7) is 4.21. The summed E-state index contributed by atoms with van der Waals surface area (Å²) >= 11 is 0. The van der Waals surface area contributed by atoms with Crippen molar-refractivity contribution in [3.8, 4) is 0 Å². The lowest BCUT2D eigenvalue weighted by Gasteiger charge is -2.30. The van der Waals surface area contributed by atoms with Crippen LogP contribution in [-0.4, -0.2) is 64.7 Å². The zero-order chi connectivity index (χ0) is 13.4. The average molecular weight is 264 g/mol. The van der Waals surface area contributed by atoms with Gasteiger partial charge >= 0.3 is 0 Å². The third kappa shape index (κ3) is 2.43. The molecule has 3 rings (SSSR count). The van der Waals surface area contributed by atoms with Gasteiger partial charge in [-0.05, 0) is 7.05 Å². The minimum atomic E-state index is 0.169. The Morgan fingerprint density at radius 2 is 2.32 bits per heavy atom. The number of likely N-dealkylation sites (N-methyl/N-ethyl adjacent to an activating group) is 1. The monoisotopic (exact) mass is 264 g/mol. The van der Waals surface area contributed by atoms with Gasteiger partial charge in [-0.3, -0.25) is 0 Å². The van der Waals surface area contributed by atoms with Crippen LogP contribution in [0.4, 0.5) is 0 Å². The van der Waals surface area contributed by atoms with Crippen LogP contribution in [0.15, 0.2) is 6.20 Å². The molecule has 2 N–H and O–H groups in total. The summed E-state index contributed by atoms with van der Waals surface area (Å²) in [5, 5.41) is 8.40. The summed E-state index contributed by atoms with van der Waals surface area (Å²) in [6.07, 6.45) is 2.06. The molecule has 104 valence electrons. The number of rotatable bonds is 2. The first-order valence-corrected chi connectivity index (χ1v) is 6.54. The van der Waals surface area contributed by atoms with Crippen LogP contribution in [0.1, 0.15) is 11.4 Å². The van der Waals surface area contributed by atoms with E-state index in [1.165, 1.54) is 0 Å². The molecular formula is C12H20N6O. The van der Waals surface area contributed by atoms with Gasteiger partial charge in [0.25, 0.3) is 0 Å². The van der Waals surface area contributed by atoms with E-state index in [1.807, 2.05) is 22.8 Å². The Morgan fingerprint density at radius 1 is 1.47 bits per heavy atom. The summed E-state index contributed by atoms with van der Waals surface area (Å²) in [5.41, 5.74) is 8.52. The molecule has 7 heteroatoms. The standard InChI is InChI=1S/C12H20N6O/c1-16-3-4-19-9(5-16)6-18-11-8-17(2)7-10(13)12(11)14-15-18/h7,9H,3-6,8,13H2,1-2H3/t9-/m1/s1. The van der Waals surface area contributed by atoms with Crippen LogP contribution in [0.25, 0.3) is 5.70 Å². The van der Waals surface area contributed by atoms with Crippen LogP contribution in [-0.2, 0) is 17.8 Å². The summed E-state index contributed by atoms with van der Waals surface area (Å²) in [7, 11) is 4.11. The predicted molar refractivity (Wildman–Crippen MR) is 70.9 cm³/mol. The van der Waals surface area contributed by atoms with Crippen molar-refractivity contribution in [2.24, 2.45) is 5.73 Å². The first-order chi connectivity index (χ1) is 9.13. The van der Waals surface area contributed by atoms with Crippen molar-refractivity contribution < 1.29 is 4.74 Å². The van der Waals surface area contributed by atoms with Gasteiger partial charge in [0.1, 0.15) is 5.69 Å². The Hall–Kier alpha value is -1.60. The predicted octanol–water partition coefficient (Wildman–Crippen LogP) is -0.689. The third-order valence-corrected chi connectivity index (χ3v) is 3.59. The number of hydrogen-bond donors (Lipinski definition) is 1. The fourth-order valence-corrected chi connectivity index (χ4v) is 2.61. The van der Waals surface area contributed by atoms with Crippen molar-refractivity contribution in [1.29, 1.82) is 0 Å². The summed E-state index contributed by atoms with van der Waals surface area (Å²) in [4.78, 5) is 4.32. The lowest BCUT2D eigenvalue weighted by atomic mass is 10.2. The van der Waals surface area contributed by atoms with Crippen LogP contribution in [0.5, 0.6) is 0 Å². The highest BCUT2D eigenvalue weighted by molar-refractivity contribution is 5.62. The number of ether oxygens (including phenoxy) is 1. The highest BCUT2D eigenvalue weighted by Crippen LogP contribution is 2.20. The molecule has 0 radical (unpaired) electrons. The molecule has 1 atom stereocenters. The number of fused-ring (bicyclic) bond motifs is 1. The Bertz CT molecular complexity index is 496. The molecule has 1 fully saturated rings. The SMILES string of the molecule is CN1C=C(N)c2nnn(C[C@H]3CN(C)CCO3)c2C1. The Morgan fingerprint density at radius 3 is 3.11 bits per heavy atom. The van der Waals surface area contributed by atoms with E-state index in [-0.39, 0.29) is 6.10 Å². The van der Waals surface area contributed by atoms with Gasteiger partial charge in [-0.2, -0.15) is 0 Å². The Kier molecular flexibility index (Phi) is 3.16. The quantitative estimate of drug-likeness (QED) is 0.762. The molecule has 1 aromatic rings. The van der Waals surface area contributed by atoms with E-state index in [0.29, 0.717) is 5.70 Å². The fraction of sp³-hybridized carbons (Fsp3) is 0.667. The molecule has 7 nitrogen and oxygen atoms in total. The largest absolute Gasteiger partial charge is 0.396 e. The number of morpholine rings is 1. The van der Waals surface area contributed by atoms with Gasteiger partial charge in [-0.25, -0.2) is 4.68 Å². The molecule has 0 amide bonds. The van der Waals surface area contributed by atoms with Gasteiger partial charge in [-0.15, -0.1) is 5.10 Å². The normalized spacial score (nSPS) is 24.2. The molecule has 3 heterocycles. The molecule has 0 saturated carbocycles. The van der Waals surface area contributed by atoms with Crippen LogP contribution < -0.4 is 5.73 Å². The number of nitrogens with zero attached hydrogens (tertiary/aromatic N) is 5. The molecule has 19 heavy (non-hydrogen) atoms. The zero-order valence-electron chi connectivity index (χ0n) is 11.4. The molecular weight excluding hydrogens is 244 g/mol. The first kappa shape index (κ1) is 12.4. The van der Waals surface area contributed by atoms with Gasteiger partial charge in [0, 0.05) is 26.3 Å². The minimum Gasteiger partial charge on any atom is -0.396 e. The van der Waals surface area contributed by atoms with Crippen LogP contribution in [0.2, 0.25) is 0 Å². The lowest BCUT2D eigenvalue weighted by molar-refractivity contribution is -0.0297. The number of nitrogens with two attached hydrogens (primary N) is 1. The molecule has 2 aliphatic heterocycles. The van der Waals surface area contributed by atoms with Crippen molar-refractivity contribution in [3.63, 3.8) is 0 Å². The lowest BCUT2D eigenvalue weighted by Crippen LogP contribution is -2.42. The van der Waals surface area contributed by atoms with Gasteiger partial charge in [0.2, 0.25) is 0 Å². The van der Waals surface area contributed by atoms with E-state index in [2.05, 4.69) is 22.3 Å². The van der Waals surface area contributed by atoms with E-state index in [0.717, 1.165) is 44.2 Å². The van der Waals surface area contributed by atoms with Gasteiger partial charge < -0.3 is 20.3 Å². The number of aromatic nitrogens is 3. The van der Waals surface area contributed by atoms with Gasteiger partial charge in [0.05, 0.1) is 37.2 Å². The van der Waals surface area contributed by atoms with Gasteiger partial charge in [0.15, 0.2) is 0 Å². The average Bonchev–Trinajstić information content (AvgIpc) is 2.73. The molecule has 1 saturated heterocycles. The van der Waals surface area contributed by atoms with Crippen LogP contribution in [0, 0.1) is 0 Å². The summed E-state index contributed by atoms with van der Waals surface area (Å²) in [5.74, 6) is 0. The van der Waals surface area contributed by atoms with E-state index in [9.17, 15) is 0 Å². The first-order valence-electron chi connectivity index (χ1n) is 6.54. The highest BCUT2D eigenvalue weighted by Gasteiger charge is 2.24. The fourth-order valence-electron chi connectivity index (χ4n) is 2.61. The summed E-state index contributed by atoms with van der Waals surface area (Å²) < 4.78 is 7.70. The third-order valence-electron chi connectivity index (χ3n) is 3.59. The highest BCUT2D eigenvalue weighted by atomic mass is 16.5. The van der Waals surface area contributed by atoms with Crippen molar-refractivity contribution in [2.75, 3.05) is 33.8 Å². The second-order valence-corrected chi connectivity index (χ2v) is 5.32. The minimum absolute atomic E-state index is 0.169. The van der Waals surface area contributed by atoms with Crippen molar-refractivity contribution >= 4 is 5.70 Å². The Labute approximate surface area is 112 Å². The molecule has 0 aromatic carbocycles. The molecule has 2 aliphatic rings. The second-order valence-electron chi connectivity index (χ2n) is 5.32. The van der Waals surface area contributed by atoms with Crippen molar-refractivity contribution in [3.05, 3.63) is 17.6 Å². The van der Waals surface area contributed by atoms with Crippen LogP contribution in [0.3, 0.4) is 0 Å². The second kappa shape index (κ2) is 4.82. The molecule has 1 aromatic heterocycles. The zero-order valence-corrected chi connectivity index (χ0v) is 11.4.